The number of nitrogens with zero attached hydrogens (tertiary/aromatic N) is 3. The van der Waals surface area contributed by atoms with E-state index in [2.05, 4.69) is 21.6 Å². The minimum atomic E-state index is -0.217. The summed E-state index contributed by atoms with van der Waals surface area (Å²) in [5, 5.41) is 10.8. The fraction of sp³-hybridized carbons (Fsp3) is 0.375. The van der Waals surface area contributed by atoms with Gasteiger partial charge in [0.25, 0.3) is 5.22 Å². The van der Waals surface area contributed by atoms with Crippen LogP contribution in [-0.4, -0.2) is 53.3 Å². The van der Waals surface area contributed by atoms with Crippen molar-refractivity contribution in [2.75, 3.05) is 26.4 Å². The maximum Gasteiger partial charge on any atom is 0.277 e. The number of thioether (sulfide) groups is 1. The third-order valence-corrected chi connectivity index (χ3v) is 4.08. The Morgan fingerprint density at radius 2 is 1.88 bits per heavy atom. The van der Waals surface area contributed by atoms with Gasteiger partial charge in [0.05, 0.1) is 12.3 Å². The van der Waals surface area contributed by atoms with Crippen LogP contribution in [-0.2, 0) is 9.59 Å². The lowest BCUT2D eigenvalue weighted by molar-refractivity contribution is -0.132. The first-order valence-corrected chi connectivity index (χ1v) is 8.37. The molecular formula is C16H20N4O3S. The second-order valence-corrected chi connectivity index (χ2v) is 6.39. The largest absolute Gasteiger partial charge is 0.411 e. The molecule has 0 fully saturated rings. The predicted molar refractivity (Wildman–Crippen MR) is 91.6 cm³/mol. The summed E-state index contributed by atoms with van der Waals surface area (Å²) in [6, 6.07) is 6.00. The summed E-state index contributed by atoms with van der Waals surface area (Å²) in [7, 11) is 3.11. The molecule has 2 amide bonds. The number of rotatable bonds is 6. The lowest BCUT2D eigenvalue weighted by Gasteiger charge is -2.14. The number of hydrogen-bond donors (Lipinski definition) is 1. The van der Waals surface area contributed by atoms with E-state index in [0.717, 1.165) is 28.5 Å². The van der Waals surface area contributed by atoms with E-state index in [1.807, 2.05) is 26.0 Å². The summed E-state index contributed by atoms with van der Waals surface area (Å²) < 4.78 is 5.60. The normalized spacial score (nSPS) is 10.5. The van der Waals surface area contributed by atoms with E-state index in [0.29, 0.717) is 11.1 Å². The van der Waals surface area contributed by atoms with Gasteiger partial charge in [0.2, 0.25) is 17.7 Å². The van der Waals surface area contributed by atoms with E-state index in [1.165, 1.54) is 11.9 Å². The lowest BCUT2D eigenvalue weighted by atomic mass is 10.1. The Kier molecular flexibility index (Phi) is 5.97. The fourth-order valence-corrected chi connectivity index (χ4v) is 2.80. The standard InChI is InChI=1S/C16H20N4O3S/c1-10-5-11(2)7-12(6-10)15-18-19-16(23-15)24-9-14(22)20(4)8-13(21)17-3/h5-7H,8-9H2,1-4H3,(H,17,21). The molecule has 0 bridgehead atoms. The van der Waals surface area contributed by atoms with Crippen molar-refractivity contribution in [2.24, 2.45) is 0 Å². The molecule has 1 aromatic heterocycles. The molecule has 1 aromatic carbocycles. The van der Waals surface area contributed by atoms with Crippen LogP contribution in [0.2, 0.25) is 0 Å². The van der Waals surface area contributed by atoms with Crippen molar-refractivity contribution in [3.05, 3.63) is 29.3 Å². The van der Waals surface area contributed by atoms with Crippen LogP contribution in [0.4, 0.5) is 0 Å². The van der Waals surface area contributed by atoms with Gasteiger partial charge in [-0.05, 0) is 26.0 Å². The van der Waals surface area contributed by atoms with Gasteiger partial charge in [-0.1, -0.05) is 29.0 Å². The molecule has 0 saturated heterocycles. The number of carbonyl (C=O) groups excluding carboxylic acids is 2. The summed E-state index contributed by atoms with van der Waals surface area (Å²) in [5.74, 6) is 0.151. The fourth-order valence-electron chi connectivity index (χ4n) is 2.10. The third kappa shape index (κ3) is 4.82. The van der Waals surface area contributed by atoms with Gasteiger partial charge in [-0.3, -0.25) is 9.59 Å². The quantitative estimate of drug-likeness (QED) is 0.799. The van der Waals surface area contributed by atoms with E-state index in [-0.39, 0.29) is 24.1 Å². The van der Waals surface area contributed by atoms with Crippen LogP contribution in [0, 0.1) is 13.8 Å². The second kappa shape index (κ2) is 7.96. The molecule has 8 heteroatoms. The van der Waals surface area contributed by atoms with Gasteiger partial charge in [0, 0.05) is 19.7 Å². The zero-order valence-electron chi connectivity index (χ0n) is 14.1. The van der Waals surface area contributed by atoms with E-state index in [4.69, 9.17) is 4.42 Å². The van der Waals surface area contributed by atoms with Crippen molar-refractivity contribution < 1.29 is 14.0 Å². The Labute approximate surface area is 144 Å². The van der Waals surface area contributed by atoms with Gasteiger partial charge in [-0.15, -0.1) is 10.2 Å². The van der Waals surface area contributed by atoms with Crippen molar-refractivity contribution in [3.63, 3.8) is 0 Å². The molecule has 1 heterocycles. The number of benzene rings is 1. The molecule has 7 nitrogen and oxygen atoms in total. The molecule has 2 rings (SSSR count). The first-order valence-electron chi connectivity index (χ1n) is 7.38. The number of carbonyl (C=O) groups is 2. The molecular weight excluding hydrogens is 328 g/mol. The first kappa shape index (κ1) is 18.0. The highest BCUT2D eigenvalue weighted by molar-refractivity contribution is 7.99. The Bertz CT molecular complexity index is 724. The molecule has 0 aliphatic carbocycles. The summed E-state index contributed by atoms with van der Waals surface area (Å²) in [6.45, 7) is 4.03. The molecule has 0 aliphatic rings. The highest BCUT2D eigenvalue weighted by Crippen LogP contribution is 2.24. The predicted octanol–water partition coefficient (Wildman–Crippen LogP) is 1.65. The monoisotopic (exact) mass is 348 g/mol. The Morgan fingerprint density at radius 3 is 2.50 bits per heavy atom. The van der Waals surface area contributed by atoms with Crippen molar-refractivity contribution in [1.29, 1.82) is 0 Å². The second-order valence-electron chi connectivity index (χ2n) is 5.46. The van der Waals surface area contributed by atoms with Gasteiger partial charge in [0.1, 0.15) is 0 Å². The smallest absolute Gasteiger partial charge is 0.277 e. The minimum Gasteiger partial charge on any atom is -0.411 e. The number of amides is 2. The lowest BCUT2D eigenvalue weighted by Crippen LogP contribution is -2.37. The Morgan fingerprint density at radius 1 is 1.21 bits per heavy atom. The number of nitrogens with one attached hydrogen (secondary N) is 1. The van der Waals surface area contributed by atoms with Gasteiger partial charge in [-0.2, -0.15) is 0 Å². The highest BCUT2D eigenvalue weighted by atomic mass is 32.2. The average molecular weight is 348 g/mol. The van der Waals surface area contributed by atoms with Crippen LogP contribution in [0.1, 0.15) is 11.1 Å². The molecule has 2 aromatic rings. The van der Waals surface area contributed by atoms with Crippen LogP contribution in [0.15, 0.2) is 27.8 Å². The first-order chi connectivity index (χ1) is 11.4. The average Bonchev–Trinajstić information content (AvgIpc) is 3.00. The number of aromatic nitrogens is 2. The molecule has 1 N–H and O–H groups in total. The molecule has 128 valence electrons. The Balaban J connectivity index is 1.96. The summed E-state index contributed by atoms with van der Waals surface area (Å²) in [5.41, 5.74) is 3.08. The van der Waals surface area contributed by atoms with Crippen LogP contribution in [0.25, 0.3) is 11.5 Å². The van der Waals surface area contributed by atoms with Crippen molar-refractivity contribution in [3.8, 4) is 11.5 Å². The summed E-state index contributed by atoms with van der Waals surface area (Å²) in [6.07, 6.45) is 0. The zero-order valence-corrected chi connectivity index (χ0v) is 14.9. The van der Waals surface area contributed by atoms with Crippen molar-refractivity contribution in [1.82, 2.24) is 20.4 Å². The molecule has 0 spiro atoms. The van der Waals surface area contributed by atoms with E-state index in [9.17, 15) is 9.59 Å². The summed E-state index contributed by atoms with van der Waals surface area (Å²) >= 11 is 1.15. The molecule has 0 saturated carbocycles. The maximum absolute atomic E-state index is 12.0. The number of aryl methyl sites for hydroxylation is 2. The molecule has 0 atom stereocenters. The van der Waals surface area contributed by atoms with Gasteiger partial charge in [-0.25, -0.2) is 0 Å². The van der Waals surface area contributed by atoms with Crippen LogP contribution < -0.4 is 5.32 Å². The van der Waals surface area contributed by atoms with Crippen LogP contribution in [0.5, 0.6) is 0 Å². The van der Waals surface area contributed by atoms with E-state index < -0.39 is 0 Å². The van der Waals surface area contributed by atoms with Gasteiger partial charge in [0.15, 0.2) is 0 Å². The SMILES string of the molecule is CNC(=O)CN(C)C(=O)CSc1nnc(-c2cc(C)cc(C)c2)o1. The Hall–Kier alpha value is -2.35. The molecule has 0 aliphatic heterocycles. The minimum absolute atomic E-state index is 0.0214. The van der Waals surface area contributed by atoms with Crippen molar-refractivity contribution in [2.45, 2.75) is 19.1 Å². The van der Waals surface area contributed by atoms with E-state index in [1.54, 1.807) is 7.05 Å². The van der Waals surface area contributed by atoms with E-state index >= 15 is 0 Å². The van der Waals surface area contributed by atoms with Crippen molar-refractivity contribution >= 4 is 23.6 Å². The van der Waals surface area contributed by atoms with Crippen LogP contribution in [0.3, 0.4) is 0 Å². The third-order valence-electron chi connectivity index (χ3n) is 3.28. The summed E-state index contributed by atoms with van der Waals surface area (Å²) in [4.78, 5) is 24.6. The molecule has 0 radical (unpaired) electrons. The molecule has 24 heavy (non-hydrogen) atoms. The van der Waals surface area contributed by atoms with Gasteiger partial charge >= 0.3 is 0 Å². The molecule has 0 unspecified atom stereocenters. The maximum atomic E-state index is 12.0. The highest BCUT2D eigenvalue weighted by Gasteiger charge is 2.15. The number of likely N-dealkylation sites (N-methyl/N-ethyl adjacent to an activating group) is 2. The van der Waals surface area contributed by atoms with Gasteiger partial charge < -0.3 is 14.6 Å². The van der Waals surface area contributed by atoms with Crippen LogP contribution >= 0.6 is 11.8 Å². The zero-order chi connectivity index (χ0) is 17.7. The number of hydrogen-bond acceptors (Lipinski definition) is 6. The topological polar surface area (TPSA) is 88.3 Å².